The predicted octanol–water partition coefficient (Wildman–Crippen LogP) is -18.4. The molecular formula is CaF6Ti-2. The zero-order chi connectivity index (χ0) is 0. The Bertz CT molecular complexity index is 8.49. The Morgan fingerprint density at radius 1 is 0.375 bits per heavy atom. The molecule has 0 radical (unpaired) electrons. The molecule has 8 heteroatoms. The molecule has 0 heterocycles. The van der Waals surface area contributed by atoms with Gasteiger partial charge in [0.05, 0.1) is 0 Å². The van der Waals surface area contributed by atoms with Crippen LogP contribution in [0.5, 0.6) is 0 Å². The summed E-state index contributed by atoms with van der Waals surface area (Å²) < 4.78 is 0. The van der Waals surface area contributed by atoms with E-state index >= 15 is 0 Å². The fourth-order valence-electron chi connectivity index (χ4n) is 0. The average molecular weight is 202 g/mol. The van der Waals surface area contributed by atoms with E-state index in [1.165, 1.54) is 0 Å². The van der Waals surface area contributed by atoms with E-state index in [1.807, 2.05) is 0 Å². The molecule has 0 aliphatic heterocycles. The molecule has 0 rings (SSSR count). The molecule has 0 amide bonds. The SMILES string of the molecule is [Ca+2].[F-].[F-].[F-].[F-].[F-].[F-].[Ti+2]. The van der Waals surface area contributed by atoms with Crippen LogP contribution in [-0.2, 0) is 21.7 Å². The predicted molar refractivity (Wildman–Crippen MR) is 5.75 cm³/mol. The molecule has 0 aliphatic rings. The monoisotopic (exact) mass is 202 g/mol. The summed E-state index contributed by atoms with van der Waals surface area (Å²) in [6, 6.07) is 0. The largest absolute Gasteiger partial charge is 2.00 e. The van der Waals surface area contributed by atoms with Gasteiger partial charge >= 0.3 is 59.5 Å². The Hall–Kier alpha value is 1.55. The van der Waals surface area contributed by atoms with Crippen molar-refractivity contribution < 1.29 is 49.9 Å². The van der Waals surface area contributed by atoms with E-state index in [4.69, 9.17) is 0 Å². The molecule has 0 atom stereocenters. The third-order valence-corrected chi connectivity index (χ3v) is 0. The summed E-state index contributed by atoms with van der Waals surface area (Å²) in [5.74, 6) is 0. The first-order valence-corrected chi connectivity index (χ1v) is 0. The quantitative estimate of drug-likeness (QED) is 0.270. The molecule has 0 aromatic heterocycles. The molecule has 0 spiro atoms. The van der Waals surface area contributed by atoms with Crippen molar-refractivity contribution in [1.82, 2.24) is 0 Å². The third kappa shape index (κ3) is 134. The average Bonchev–Trinajstić information content (AvgIpc) is 0. The molecule has 0 bridgehead atoms. The first-order chi connectivity index (χ1) is 0. The molecule has 50 valence electrons. The van der Waals surface area contributed by atoms with E-state index in [9.17, 15) is 0 Å². The van der Waals surface area contributed by atoms with E-state index in [0.29, 0.717) is 0 Å². The molecule has 0 saturated heterocycles. The first-order valence-electron chi connectivity index (χ1n) is 0. The van der Waals surface area contributed by atoms with Gasteiger partial charge in [0.2, 0.25) is 0 Å². The molecular weight excluding hydrogens is 202 g/mol. The first kappa shape index (κ1) is 289. The summed E-state index contributed by atoms with van der Waals surface area (Å²) >= 11 is 0. The van der Waals surface area contributed by atoms with Crippen molar-refractivity contribution in [3.05, 3.63) is 0 Å². The summed E-state index contributed by atoms with van der Waals surface area (Å²) in [5.41, 5.74) is 0. The molecule has 0 unspecified atom stereocenters. The van der Waals surface area contributed by atoms with Crippen molar-refractivity contribution in [3.63, 3.8) is 0 Å². The number of halogens is 6. The van der Waals surface area contributed by atoms with Crippen LogP contribution in [0.1, 0.15) is 0 Å². The van der Waals surface area contributed by atoms with Gasteiger partial charge in [-0.05, 0) is 0 Å². The van der Waals surface area contributed by atoms with Crippen molar-refractivity contribution in [2.24, 2.45) is 0 Å². The van der Waals surface area contributed by atoms with Gasteiger partial charge in [-0.1, -0.05) is 0 Å². The molecule has 0 aromatic rings. The summed E-state index contributed by atoms with van der Waals surface area (Å²) in [6.45, 7) is 0. The molecule has 0 nitrogen and oxygen atoms in total. The Balaban J connectivity index is 0. The third-order valence-electron chi connectivity index (χ3n) is 0. The van der Waals surface area contributed by atoms with E-state index in [1.54, 1.807) is 0 Å². The number of hydrogen-bond acceptors (Lipinski definition) is 0. The van der Waals surface area contributed by atoms with Gasteiger partial charge in [-0.2, -0.15) is 0 Å². The Morgan fingerprint density at radius 2 is 0.375 bits per heavy atom. The fourth-order valence-corrected chi connectivity index (χ4v) is 0. The maximum Gasteiger partial charge on any atom is 2.00 e. The second kappa shape index (κ2) is 202. The van der Waals surface area contributed by atoms with Gasteiger partial charge in [0.15, 0.2) is 0 Å². The maximum atomic E-state index is 0. The van der Waals surface area contributed by atoms with Crippen molar-refractivity contribution in [1.29, 1.82) is 0 Å². The Labute approximate surface area is 86.9 Å². The molecule has 0 fully saturated rings. The van der Waals surface area contributed by atoms with Gasteiger partial charge in [-0.3, -0.25) is 0 Å². The van der Waals surface area contributed by atoms with Gasteiger partial charge in [0, 0.05) is 0 Å². The topological polar surface area (TPSA) is 0 Å². The van der Waals surface area contributed by atoms with Crippen LogP contribution in [-0.4, -0.2) is 37.7 Å². The van der Waals surface area contributed by atoms with Gasteiger partial charge in [0.25, 0.3) is 0 Å². The van der Waals surface area contributed by atoms with Crippen molar-refractivity contribution in [2.75, 3.05) is 0 Å². The van der Waals surface area contributed by atoms with E-state index in [2.05, 4.69) is 0 Å². The summed E-state index contributed by atoms with van der Waals surface area (Å²) in [4.78, 5) is 0. The van der Waals surface area contributed by atoms with Crippen LogP contribution >= 0.6 is 0 Å². The molecule has 0 saturated carbocycles. The van der Waals surface area contributed by atoms with E-state index in [-0.39, 0.29) is 87.7 Å². The zero-order valence-corrected chi connectivity index (χ0v) is 7.24. The van der Waals surface area contributed by atoms with Crippen molar-refractivity contribution >= 4 is 37.7 Å². The van der Waals surface area contributed by atoms with Crippen LogP contribution in [0.2, 0.25) is 0 Å². The van der Waals surface area contributed by atoms with Crippen LogP contribution < -0.4 is 28.2 Å². The smallest absolute Gasteiger partial charge is 1.00 e. The molecule has 8 heavy (non-hydrogen) atoms. The van der Waals surface area contributed by atoms with Gasteiger partial charge in [-0.25, -0.2) is 0 Å². The van der Waals surface area contributed by atoms with Gasteiger partial charge in [0.1, 0.15) is 0 Å². The molecule has 0 aliphatic carbocycles. The minimum absolute atomic E-state index is 0. The van der Waals surface area contributed by atoms with Crippen LogP contribution in [0.25, 0.3) is 0 Å². The van der Waals surface area contributed by atoms with Gasteiger partial charge < -0.3 is 28.2 Å². The van der Waals surface area contributed by atoms with E-state index in [0.717, 1.165) is 0 Å². The zero-order valence-electron chi connectivity index (χ0n) is 3.47. The van der Waals surface area contributed by atoms with Crippen LogP contribution in [0.4, 0.5) is 0 Å². The maximum absolute atomic E-state index is 0. The Kier molecular flexibility index (Phi) is 7310. The second-order valence-corrected chi connectivity index (χ2v) is 0. The standard InChI is InChI=1S/Ca.6FH.Ti/h;6*1H;/q+2;;;;;;;+2/p-6. The minimum atomic E-state index is 0. The Morgan fingerprint density at radius 3 is 0.375 bits per heavy atom. The summed E-state index contributed by atoms with van der Waals surface area (Å²) in [6.07, 6.45) is 0. The molecule has 0 N–H and O–H groups in total. The number of rotatable bonds is 0. The second-order valence-electron chi connectivity index (χ2n) is 0. The number of hydrogen-bond donors (Lipinski definition) is 0. The fraction of sp³-hybridized carbons (Fsp3) is 0. The van der Waals surface area contributed by atoms with Crippen LogP contribution in [0, 0.1) is 0 Å². The van der Waals surface area contributed by atoms with Crippen molar-refractivity contribution in [2.45, 2.75) is 0 Å². The minimum Gasteiger partial charge on any atom is -1.00 e. The van der Waals surface area contributed by atoms with Crippen LogP contribution in [0.15, 0.2) is 0 Å². The van der Waals surface area contributed by atoms with Gasteiger partial charge in [-0.15, -0.1) is 0 Å². The van der Waals surface area contributed by atoms with Crippen molar-refractivity contribution in [3.8, 4) is 0 Å². The van der Waals surface area contributed by atoms with E-state index < -0.39 is 0 Å². The molecule has 0 aromatic carbocycles. The van der Waals surface area contributed by atoms with Crippen LogP contribution in [0.3, 0.4) is 0 Å². The normalized spacial score (nSPS) is 0. The summed E-state index contributed by atoms with van der Waals surface area (Å²) in [5, 5.41) is 0. The summed E-state index contributed by atoms with van der Waals surface area (Å²) in [7, 11) is 0.